The number of hydrogen-bond donors (Lipinski definition) is 1. The van der Waals surface area contributed by atoms with E-state index < -0.39 is 0 Å². The summed E-state index contributed by atoms with van der Waals surface area (Å²) in [5.41, 5.74) is -0.125. The second-order valence-electron chi connectivity index (χ2n) is 5.04. The van der Waals surface area contributed by atoms with Crippen LogP contribution in [0.2, 0.25) is 0 Å². The summed E-state index contributed by atoms with van der Waals surface area (Å²) in [5.74, 6) is 0.488. The maximum absolute atomic E-state index is 9.79. The molecule has 0 aromatic heterocycles. The maximum Gasteiger partial charge on any atom is 0.0802 e. The molecule has 0 aliphatic heterocycles. The summed E-state index contributed by atoms with van der Waals surface area (Å²) < 4.78 is 5.55. The predicted molar refractivity (Wildman–Crippen MR) is 53.7 cm³/mol. The minimum Gasteiger partial charge on any atom is -0.390 e. The summed E-state index contributed by atoms with van der Waals surface area (Å²) in [6.07, 6.45) is 4.65. The highest BCUT2D eigenvalue weighted by molar-refractivity contribution is 4.75. The van der Waals surface area contributed by atoms with E-state index in [0.29, 0.717) is 12.5 Å². The monoisotopic (exact) mass is 186 g/mol. The molecule has 1 aliphatic carbocycles. The normalized spacial score (nSPS) is 22.2. The standard InChI is InChI=1S/C11H22O2/c1-11(2,3)13-8-10(12)9-6-4-5-7-9/h9-10,12H,4-8H2,1-3H3. The molecule has 0 saturated heterocycles. The van der Waals surface area contributed by atoms with E-state index in [1.165, 1.54) is 25.7 Å². The van der Waals surface area contributed by atoms with Gasteiger partial charge in [-0.1, -0.05) is 12.8 Å². The lowest BCUT2D eigenvalue weighted by atomic mass is 10.0. The quantitative estimate of drug-likeness (QED) is 0.733. The predicted octanol–water partition coefficient (Wildman–Crippen LogP) is 2.35. The molecule has 1 rings (SSSR count). The fraction of sp³-hybridized carbons (Fsp3) is 1.00. The number of ether oxygens (including phenoxy) is 1. The van der Waals surface area contributed by atoms with E-state index in [1.54, 1.807) is 0 Å². The Bertz CT molecular complexity index is 143. The smallest absolute Gasteiger partial charge is 0.0802 e. The Balaban J connectivity index is 2.20. The molecule has 13 heavy (non-hydrogen) atoms. The van der Waals surface area contributed by atoms with Gasteiger partial charge in [0.1, 0.15) is 0 Å². The zero-order chi connectivity index (χ0) is 9.90. The molecule has 1 aliphatic rings. The van der Waals surface area contributed by atoms with Crippen LogP contribution in [-0.2, 0) is 4.74 Å². The van der Waals surface area contributed by atoms with Crippen molar-refractivity contribution in [3.63, 3.8) is 0 Å². The van der Waals surface area contributed by atoms with Gasteiger partial charge >= 0.3 is 0 Å². The van der Waals surface area contributed by atoms with Crippen LogP contribution in [0, 0.1) is 5.92 Å². The Morgan fingerprint density at radius 2 is 1.85 bits per heavy atom. The summed E-state index contributed by atoms with van der Waals surface area (Å²) in [7, 11) is 0. The summed E-state index contributed by atoms with van der Waals surface area (Å²) in [6, 6.07) is 0. The molecular formula is C11H22O2. The van der Waals surface area contributed by atoms with Gasteiger partial charge in [0.15, 0.2) is 0 Å². The van der Waals surface area contributed by atoms with Crippen LogP contribution in [-0.4, -0.2) is 23.4 Å². The van der Waals surface area contributed by atoms with E-state index in [9.17, 15) is 5.11 Å². The Labute approximate surface area is 81.3 Å². The van der Waals surface area contributed by atoms with Crippen LogP contribution >= 0.6 is 0 Å². The first-order valence-electron chi connectivity index (χ1n) is 5.31. The molecule has 0 heterocycles. The average Bonchev–Trinajstić information content (AvgIpc) is 2.50. The minimum atomic E-state index is -0.248. The maximum atomic E-state index is 9.79. The molecule has 1 saturated carbocycles. The molecule has 0 aromatic rings. The van der Waals surface area contributed by atoms with E-state index in [2.05, 4.69) is 0 Å². The van der Waals surface area contributed by atoms with Crippen molar-refractivity contribution in [2.45, 2.75) is 58.2 Å². The topological polar surface area (TPSA) is 29.5 Å². The molecule has 2 nitrogen and oxygen atoms in total. The zero-order valence-corrected chi connectivity index (χ0v) is 9.05. The molecule has 1 N–H and O–H groups in total. The van der Waals surface area contributed by atoms with Crippen molar-refractivity contribution in [2.75, 3.05) is 6.61 Å². The van der Waals surface area contributed by atoms with E-state index in [0.717, 1.165) is 0 Å². The third-order valence-corrected chi connectivity index (χ3v) is 2.63. The van der Waals surface area contributed by atoms with Crippen LogP contribution in [0.5, 0.6) is 0 Å². The van der Waals surface area contributed by atoms with E-state index >= 15 is 0 Å². The summed E-state index contributed by atoms with van der Waals surface area (Å²) >= 11 is 0. The fourth-order valence-corrected chi connectivity index (χ4v) is 1.81. The SMILES string of the molecule is CC(C)(C)OCC(O)C1CCCC1. The van der Waals surface area contributed by atoms with E-state index in [1.807, 2.05) is 20.8 Å². The number of rotatable bonds is 3. The van der Waals surface area contributed by atoms with E-state index in [4.69, 9.17) is 4.74 Å². The van der Waals surface area contributed by atoms with Crippen LogP contribution < -0.4 is 0 Å². The summed E-state index contributed by atoms with van der Waals surface area (Å²) in [4.78, 5) is 0. The molecule has 1 fully saturated rings. The van der Waals surface area contributed by atoms with Gasteiger partial charge in [-0.25, -0.2) is 0 Å². The highest BCUT2D eigenvalue weighted by Gasteiger charge is 2.24. The molecule has 2 heteroatoms. The van der Waals surface area contributed by atoms with E-state index in [-0.39, 0.29) is 11.7 Å². The highest BCUT2D eigenvalue weighted by Crippen LogP contribution is 2.28. The van der Waals surface area contributed by atoms with Gasteiger partial charge in [0.2, 0.25) is 0 Å². The van der Waals surface area contributed by atoms with Crippen molar-refractivity contribution in [2.24, 2.45) is 5.92 Å². The lowest BCUT2D eigenvalue weighted by Gasteiger charge is -2.24. The first-order chi connectivity index (χ1) is 5.99. The van der Waals surface area contributed by atoms with Gasteiger partial charge in [-0.05, 0) is 39.5 Å². The van der Waals surface area contributed by atoms with Crippen LogP contribution in [0.4, 0.5) is 0 Å². The number of aliphatic hydroxyl groups excluding tert-OH is 1. The van der Waals surface area contributed by atoms with Gasteiger partial charge in [-0.2, -0.15) is 0 Å². The molecule has 78 valence electrons. The third kappa shape index (κ3) is 4.10. The number of hydrogen-bond acceptors (Lipinski definition) is 2. The van der Waals surface area contributed by atoms with Gasteiger partial charge in [0, 0.05) is 0 Å². The van der Waals surface area contributed by atoms with Gasteiger partial charge in [-0.15, -0.1) is 0 Å². The van der Waals surface area contributed by atoms with Crippen molar-refractivity contribution in [3.8, 4) is 0 Å². The van der Waals surface area contributed by atoms with Gasteiger partial charge < -0.3 is 9.84 Å². The van der Waals surface area contributed by atoms with Crippen LogP contribution in [0.15, 0.2) is 0 Å². The summed E-state index contributed by atoms with van der Waals surface area (Å²) in [6.45, 7) is 6.56. The second kappa shape index (κ2) is 4.43. The fourth-order valence-electron chi connectivity index (χ4n) is 1.81. The first kappa shape index (κ1) is 11.0. The Morgan fingerprint density at radius 1 is 1.31 bits per heavy atom. The Morgan fingerprint density at radius 3 is 2.31 bits per heavy atom. The molecule has 1 unspecified atom stereocenters. The first-order valence-corrected chi connectivity index (χ1v) is 5.31. The van der Waals surface area contributed by atoms with Crippen molar-refractivity contribution in [3.05, 3.63) is 0 Å². The van der Waals surface area contributed by atoms with Gasteiger partial charge in [0.25, 0.3) is 0 Å². The Hall–Kier alpha value is -0.0800. The van der Waals surface area contributed by atoms with Gasteiger partial charge in [-0.3, -0.25) is 0 Å². The number of aliphatic hydroxyl groups is 1. The highest BCUT2D eigenvalue weighted by atomic mass is 16.5. The van der Waals surface area contributed by atoms with Crippen LogP contribution in [0.1, 0.15) is 46.5 Å². The average molecular weight is 186 g/mol. The molecule has 0 radical (unpaired) electrons. The second-order valence-corrected chi connectivity index (χ2v) is 5.04. The lowest BCUT2D eigenvalue weighted by molar-refractivity contribution is -0.0637. The molecule has 0 amide bonds. The zero-order valence-electron chi connectivity index (χ0n) is 9.05. The summed E-state index contributed by atoms with van der Waals surface area (Å²) in [5, 5.41) is 9.79. The molecule has 0 aromatic carbocycles. The van der Waals surface area contributed by atoms with Crippen LogP contribution in [0.25, 0.3) is 0 Å². The molecular weight excluding hydrogens is 164 g/mol. The van der Waals surface area contributed by atoms with Crippen molar-refractivity contribution < 1.29 is 9.84 Å². The molecule has 1 atom stereocenters. The third-order valence-electron chi connectivity index (χ3n) is 2.63. The molecule has 0 spiro atoms. The van der Waals surface area contributed by atoms with Crippen molar-refractivity contribution in [1.29, 1.82) is 0 Å². The minimum absolute atomic E-state index is 0.125. The van der Waals surface area contributed by atoms with Crippen LogP contribution in [0.3, 0.4) is 0 Å². The Kier molecular flexibility index (Phi) is 3.74. The largest absolute Gasteiger partial charge is 0.390 e. The lowest BCUT2D eigenvalue weighted by Crippen LogP contribution is -2.30. The van der Waals surface area contributed by atoms with Crippen molar-refractivity contribution >= 4 is 0 Å². The van der Waals surface area contributed by atoms with Crippen molar-refractivity contribution in [1.82, 2.24) is 0 Å². The molecule has 0 bridgehead atoms. The van der Waals surface area contributed by atoms with Gasteiger partial charge in [0.05, 0.1) is 18.3 Å².